The number of benzene rings is 1. The summed E-state index contributed by atoms with van der Waals surface area (Å²) in [6.45, 7) is 1.50. The first-order valence-corrected chi connectivity index (χ1v) is 7.39. The van der Waals surface area contributed by atoms with E-state index in [4.69, 9.17) is 4.52 Å². The Labute approximate surface area is 123 Å². The van der Waals surface area contributed by atoms with E-state index in [9.17, 15) is 0 Å². The van der Waals surface area contributed by atoms with Gasteiger partial charge in [-0.05, 0) is 37.6 Å². The molecule has 1 saturated carbocycles. The van der Waals surface area contributed by atoms with E-state index >= 15 is 0 Å². The van der Waals surface area contributed by atoms with E-state index in [0.29, 0.717) is 18.4 Å². The third-order valence-electron chi connectivity index (χ3n) is 4.00. The molecule has 0 radical (unpaired) electrons. The fraction of sp³-hybridized carbons (Fsp3) is 0.375. The minimum absolute atomic E-state index is 0.533. The molecule has 0 spiro atoms. The molecule has 3 aromatic rings. The molecule has 2 heterocycles. The maximum atomic E-state index is 5.37. The van der Waals surface area contributed by atoms with Gasteiger partial charge in [0.25, 0.3) is 0 Å². The van der Waals surface area contributed by atoms with Crippen LogP contribution < -0.4 is 5.32 Å². The molecule has 5 nitrogen and oxygen atoms in total. The van der Waals surface area contributed by atoms with Crippen LogP contribution in [-0.4, -0.2) is 21.8 Å². The van der Waals surface area contributed by atoms with E-state index in [2.05, 4.69) is 50.5 Å². The van der Waals surface area contributed by atoms with E-state index in [0.717, 1.165) is 12.4 Å². The summed E-state index contributed by atoms with van der Waals surface area (Å²) in [6.07, 6.45) is 4.47. The van der Waals surface area contributed by atoms with Gasteiger partial charge in [-0.15, -0.1) is 0 Å². The molecule has 1 aromatic carbocycles. The second kappa shape index (κ2) is 5.00. The molecule has 21 heavy (non-hydrogen) atoms. The van der Waals surface area contributed by atoms with Gasteiger partial charge in [-0.25, -0.2) is 0 Å². The zero-order valence-corrected chi connectivity index (χ0v) is 12.0. The van der Waals surface area contributed by atoms with Crippen LogP contribution in [0.2, 0.25) is 0 Å². The van der Waals surface area contributed by atoms with Crippen LogP contribution in [0, 0.1) is 0 Å². The molecule has 0 amide bonds. The highest BCUT2D eigenvalue weighted by Crippen LogP contribution is 2.38. The molecular formula is C16H18N4O. The van der Waals surface area contributed by atoms with Gasteiger partial charge in [0.2, 0.25) is 5.89 Å². The molecule has 1 aliphatic carbocycles. The number of nitrogens with zero attached hydrogens (tertiary/aromatic N) is 3. The SMILES string of the molecule is CNCc1cccc2c1ccn2Cc1nc(C2CC2)no1. The highest BCUT2D eigenvalue weighted by molar-refractivity contribution is 5.83. The number of fused-ring (bicyclic) bond motifs is 1. The largest absolute Gasteiger partial charge is 0.338 e. The third kappa shape index (κ3) is 2.34. The molecule has 0 atom stereocenters. The minimum atomic E-state index is 0.533. The van der Waals surface area contributed by atoms with Crippen LogP contribution in [0.5, 0.6) is 0 Å². The summed E-state index contributed by atoms with van der Waals surface area (Å²) in [5, 5.41) is 8.56. The number of hydrogen-bond donors (Lipinski definition) is 1. The van der Waals surface area contributed by atoms with Gasteiger partial charge in [-0.3, -0.25) is 0 Å². The molecule has 0 saturated heterocycles. The molecule has 1 aliphatic rings. The Morgan fingerprint density at radius 1 is 1.33 bits per heavy atom. The Balaban J connectivity index is 1.64. The summed E-state index contributed by atoms with van der Waals surface area (Å²) in [6, 6.07) is 8.53. The van der Waals surface area contributed by atoms with Gasteiger partial charge in [0.05, 0.1) is 0 Å². The van der Waals surface area contributed by atoms with Gasteiger partial charge < -0.3 is 14.4 Å². The summed E-state index contributed by atoms with van der Waals surface area (Å²) >= 11 is 0. The van der Waals surface area contributed by atoms with Crippen molar-refractivity contribution in [1.29, 1.82) is 0 Å². The first kappa shape index (κ1) is 12.6. The Bertz CT molecular complexity index is 770. The lowest BCUT2D eigenvalue weighted by Crippen LogP contribution is -2.05. The molecule has 5 heteroatoms. The van der Waals surface area contributed by atoms with Crippen LogP contribution in [0.1, 0.15) is 36.0 Å². The molecule has 1 N–H and O–H groups in total. The van der Waals surface area contributed by atoms with Gasteiger partial charge in [-0.2, -0.15) is 4.98 Å². The fourth-order valence-corrected chi connectivity index (χ4v) is 2.75. The van der Waals surface area contributed by atoms with Crippen LogP contribution in [0.25, 0.3) is 10.9 Å². The van der Waals surface area contributed by atoms with Crippen LogP contribution in [0.3, 0.4) is 0 Å². The molecular weight excluding hydrogens is 264 g/mol. The highest BCUT2D eigenvalue weighted by Gasteiger charge is 2.28. The normalized spacial score (nSPS) is 14.9. The monoisotopic (exact) mass is 282 g/mol. The Morgan fingerprint density at radius 3 is 3.05 bits per heavy atom. The van der Waals surface area contributed by atoms with Gasteiger partial charge in [0.1, 0.15) is 6.54 Å². The van der Waals surface area contributed by atoms with Gasteiger partial charge in [-0.1, -0.05) is 17.3 Å². The van der Waals surface area contributed by atoms with Crippen molar-refractivity contribution in [2.24, 2.45) is 0 Å². The number of aromatic nitrogens is 3. The van der Waals surface area contributed by atoms with Crippen molar-refractivity contribution in [3.63, 3.8) is 0 Å². The predicted molar refractivity (Wildman–Crippen MR) is 80.1 cm³/mol. The number of hydrogen-bond acceptors (Lipinski definition) is 4. The first-order chi connectivity index (χ1) is 10.3. The van der Waals surface area contributed by atoms with Crippen molar-refractivity contribution in [2.45, 2.75) is 31.8 Å². The average Bonchev–Trinajstić information content (AvgIpc) is 3.11. The summed E-state index contributed by atoms with van der Waals surface area (Å²) in [5.41, 5.74) is 2.51. The predicted octanol–water partition coefficient (Wildman–Crippen LogP) is 2.67. The Kier molecular flexibility index (Phi) is 3.00. The molecule has 2 aromatic heterocycles. The van der Waals surface area contributed by atoms with Gasteiger partial charge >= 0.3 is 0 Å². The summed E-state index contributed by atoms with van der Waals surface area (Å²) in [4.78, 5) is 4.50. The van der Waals surface area contributed by atoms with E-state index in [1.807, 2.05) is 7.05 Å². The molecule has 0 unspecified atom stereocenters. The summed E-state index contributed by atoms with van der Waals surface area (Å²) in [7, 11) is 1.97. The number of nitrogens with one attached hydrogen (secondary N) is 1. The summed E-state index contributed by atoms with van der Waals surface area (Å²) < 4.78 is 7.54. The maximum absolute atomic E-state index is 5.37. The third-order valence-corrected chi connectivity index (χ3v) is 4.00. The van der Waals surface area contributed by atoms with E-state index in [1.54, 1.807) is 0 Å². The molecule has 0 bridgehead atoms. The van der Waals surface area contributed by atoms with Crippen LogP contribution in [-0.2, 0) is 13.1 Å². The highest BCUT2D eigenvalue weighted by atomic mass is 16.5. The van der Waals surface area contributed by atoms with E-state index in [1.165, 1.54) is 29.3 Å². The summed E-state index contributed by atoms with van der Waals surface area (Å²) in [5.74, 6) is 2.09. The topological polar surface area (TPSA) is 55.9 Å². The van der Waals surface area contributed by atoms with E-state index in [-0.39, 0.29) is 0 Å². The molecule has 1 fully saturated rings. The molecule has 4 rings (SSSR count). The lowest BCUT2D eigenvalue weighted by Gasteiger charge is -2.05. The lowest BCUT2D eigenvalue weighted by atomic mass is 10.1. The zero-order valence-electron chi connectivity index (χ0n) is 12.0. The molecule has 0 aliphatic heterocycles. The zero-order chi connectivity index (χ0) is 14.2. The second-order valence-corrected chi connectivity index (χ2v) is 5.64. The van der Waals surface area contributed by atoms with Crippen molar-refractivity contribution in [2.75, 3.05) is 7.05 Å². The van der Waals surface area contributed by atoms with Crippen molar-refractivity contribution >= 4 is 10.9 Å². The lowest BCUT2D eigenvalue weighted by molar-refractivity contribution is 0.367. The minimum Gasteiger partial charge on any atom is -0.338 e. The second-order valence-electron chi connectivity index (χ2n) is 5.64. The van der Waals surface area contributed by atoms with Crippen molar-refractivity contribution in [3.8, 4) is 0 Å². The van der Waals surface area contributed by atoms with Crippen LogP contribution >= 0.6 is 0 Å². The smallest absolute Gasteiger partial charge is 0.246 e. The van der Waals surface area contributed by atoms with Crippen LogP contribution in [0.4, 0.5) is 0 Å². The Hall–Kier alpha value is -2.14. The maximum Gasteiger partial charge on any atom is 0.246 e. The van der Waals surface area contributed by atoms with Crippen molar-refractivity contribution in [3.05, 3.63) is 47.7 Å². The van der Waals surface area contributed by atoms with Crippen LogP contribution in [0.15, 0.2) is 35.0 Å². The fourth-order valence-electron chi connectivity index (χ4n) is 2.75. The van der Waals surface area contributed by atoms with Crippen molar-refractivity contribution < 1.29 is 4.52 Å². The first-order valence-electron chi connectivity index (χ1n) is 7.39. The van der Waals surface area contributed by atoms with Crippen molar-refractivity contribution in [1.82, 2.24) is 20.0 Å². The average molecular weight is 282 g/mol. The quantitative estimate of drug-likeness (QED) is 0.781. The van der Waals surface area contributed by atoms with E-state index < -0.39 is 0 Å². The standard InChI is InChI=1S/C16H18N4O/c1-17-9-12-3-2-4-14-13(12)7-8-20(14)10-15-18-16(19-21-15)11-5-6-11/h2-4,7-8,11,17H,5-6,9-10H2,1H3. The molecule has 108 valence electrons. The Morgan fingerprint density at radius 2 is 2.24 bits per heavy atom. The van der Waals surface area contributed by atoms with Gasteiger partial charge in [0, 0.05) is 29.6 Å². The number of rotatable bonds is 5. The van der Waals surface area contributed by atoms with Gasteiger partial charge in [0.15, 0.2) is 5.82 Å².